The van der Waals surface area contributed by atoms with E-state index in [9.17, 15) is 0 Å². The van der Waals surface area contributed by atoms with Crippen LogP contribution in [0, 0.1) is 6.92 Å². The summed E-state index contributed by atoms with van der Waals surface area (Å²) in [6.07, 6.45) is 1.81. The van der Waals surface area contributed by atoms with E-state index in [1.807, 2.05) is 54.7 Å². The van der Waals surface area contributed by atoms with Crippen LogP contribution < -0.4 is 10.2 Å². The standard InChI is InChI=1S/C25H21N3OS2/c1-17-8-7-9-18(16-17)28-24(23(27-25(28)30)20-12-5-6-15-26-20)21-13-14-22(29-21)31-19-10-3-2-4-11-19/h2-16,23-24H,1H3,(H,27,30)/t23-,24+/m0/s1. The van der Waals surface area contributed by atoms with Gasteiger partial charge >= 0.3 is 0 Å². The second-order valence-electron chi connectivity index (χ2n) is 7.41. The summed E-state index contributed by atoms with van der Waals surface area (Å²) < 4.78 is 6.35. The third-order valence-corrected chi connectivity index (χ3v) is 6.48. The quantitative estimate of drug-likeness (QED) is 0.365. The molecule has 1 fully saturated rings. The zero-order valence-corrected chi connectivity index (χ0v) is 18.6. The predicted molar refractivity (Wildman–Crippen MR) is 128 cm³/mol. The van der Waals surface area contributed by atoms with Gasteiger partial charge in [0.2, 0.25) is 0 Å². The number of aromatic nitrogens is 1. The predicted octanol–water partition coefficient (Wildman–Crippen LogP) is 6.31. The van der Waals surface area contributed by atoms with Crippen LogP contribution in [0.1, 0.15) is 29.1 Å². The van der Waals surface area contributed by atoms with Crippen LogP contribution in [0.2, 0.25) is 0 Å². The van der Waals surface area contributed by atoms with Crippen molar-refractivity contribution >= 4 is 34.8 Å². The van der Waals surface area contributed by atoms with Crippen molar-refractivity contribution in [1.82, 2.24) is 10.3 Å². The number of hydrogen-bond acceptors (Lipinski definition) is 4. The summed E-state index contributed by atoms with van der Waals surface area (Å²) >= 11 is 7.38. The van der Waals surface area contributed by atoms with Crippen LogP contribution in [-0.4, -0.2) is 10.1 Å². The fraction of sp³-hybridized carbons (Fsp3) is 0.120. The molecule has 6 heteroatoms. The Labute approximate surface area is 191 Å². The minimum atomic E-state index is -0.144. The molecular formula is C25H21N3OS2. The highest BCUT2D eigenvalue weighted by molar-refractivity contribution is 7.99. The van der Waals surface area contributed by atoms with Crippen LogP contribution in [0.25, 0.3) is 0 Å². The number of nitrogens with one attached hydrogen (secondary N) is 1. The van der Waals surface area contributed by atoms with Gasteiger partial charge in [-0.25, -0.2) is 0 Å². The second kappa shape index (κ2) is 8.57. The van der Waals surface area contributed by atoms with Gasteiger partial charge in [-0.2, -0.15) is 0 Å². The molecule has 31 heavy (non-hydrogen) atoms. The molecule has 0 spiro atoms. The fourth-order valence-electron chi connectivity index (χ4n) is 3.85. The minimum absolute atomic E-state index is 0.116. The van der Waals surface area contributed by atoms with Crippen molar-refractivity contribution in [3.63, 3.8) is 0 Å². The molecule has 1 aliphatic rings. The number of nitrogens with zero attached hydrogens (tertiary/aromatic N) is 2. The lowest BCUT2D eigenvalue weighted by Gasteiger charge is -2.26. The van der Waals surface area contributed by atoms with Crippen molar-refractivity contribution in [3.05, 3.63) is 108 Å². The van der Waals surface area contributed by atoms with Crippen LogP contribution in [0.5, 0.6) is 0 Å². The molecule has 1 aliphatic heterocycles. The average molecular weight is 444 g/mol. The van der Waals surface area contributed by atoms with Gasteiger partial charge in [0.15, 0.2) is 10.2 Å². The van der Waals surface area contributed by atoms with Crippen LogP contribution in [0.3, 0.4) is 0 Å². The molecule has 4 aromatic rings. The normalized spacial score (nSPS) is 18.2. The van der Waals surface area contributed by atoms with E-state index in [4.69, 9.17) is 16.6 Å². The largest absolute Gasteiger partial charge is 0.452 e. The lowest BCUT2D eigenvalue weighted by molar-refractivity contribution is 0.383. The number of hydrogen-bond donors (Lipinski definition) is 1. The van der Waals surface area contributed by atoms with Crippen molar-refractivity contribution in [2.45, 2.75) is 29.0 Å². The number of rotatable bonds is 5. The Hall–Kier alpha value is -3.09. The topological polar surface area (TPSA) is 41.3 Å². The molecule has 0 saturated carbocycles. The molecule has 3 heterocycles. The number of anilines is 1. The van der Waals surface area contributed by atoms with Crippen LogP contribution in [-0.2, 0) is 0 Å². The zero-order chi connectivity index (χ0) is 21.2. The van der Waals surface area contributed by atoms with Crippen molar-refractivity contribution in [3.8, 4) is 0 Å². The van der Waals surface area contributed by atoms with Crippen molar-refractivity contribution in [1.29, 1.82) is 0 Å². The summed E-state index contributed by atoms with van der Waals surface area (Å²) in [7, 11) is 0. The van der Waals surface area contributed by atoms with E-state index in [-0.39, 0.29) is 12.1 Å². The Kier molecular flexibility index (Phi) is 5.49. The van der Waals surface area contributed by atoms with Gasteiger partial charge in [0.25, 0.3) is 0 Å². The highest BCUT2D eigenvalue weighted by atomic mass is 32.2. The molecule has 154 valence electrons. The van der Waals surface area contributed by atoms with Gasteiger partial charge in [-0.15, -0.1) is 0 Å². The van der Waals surface area contributed by atoms with Crippen LogP contribution in [0.15, 0.2) is 106 Å². The smallest absolute Gasteiger partial charge is 0.174 e. The lowest BCUT2D eigenvalue weighted by Crippen LogP contribution is -2.29. The highest BCUT2D eigenvalue weighted by Gasteiger charge is 2.42. The molecule has 0 bridgehead atoms. The molecule has 0 radical (unpaired) electrons. The Balaban J connectivity index is 1.54. The van der Waals surface area contributed by atoms with E-state index < -0.39 is 0 Å². The first-order chi connectivity index (χ1) is 15.2. The van der Waals surface area contributed by atoms with Gasteiger partial charge < -0.3 is 14.6 Å². The lowest BCUT2D eigenvalue weighted by atomic mass is 10.0. The first-order valence-electron chi connectivity index (χ1n) is 10.1. The monoisotopic (exact) mass is 443 g/mol. The van der Waals surface area contributed by atoms with E-state index >= 15 is 0 Å². The fourth-order valence-corrected chi connectivity index (χ4v) is 5.00. The van der Waals surface area contributed by atoms with Gasteiger partial charge in [0, 0.05) is 16.8 Å². The summed E-state index contributed by atoms with van der Waals surface area (Å²) in [5.74, 6) is 0.850. The van der Waals surface area contributed by atoms with Crippen LogP contribution in [0.4, 0.5) is 5.69 Å². The van der Waals surface area contributed by atoms with E-state index in [2.05, 4.69) is 58.5 Å². The maximum Gasteiger partial charge on any atom is 0.174 e. The van der Waals surface area contributed by atoms with E-state index in [1.54, 1.807) is 11.8 Å². The molecule has 0 aliphatic carbocycles. The third-order valence-electron chi connectivity index (χ3n) is 5.23. The zero-order valence-electron chi connectivity index (χ0n) is 16.9. The van der Waals surface area contributed by atoms with Crippen molar-refractivity contribution in [2.75, 3.05) is 4.90 Å². The van der Waals surface area contributed by atoms with Crippen molar-refractivity contribution < 1.29 is 4.42 Å². The number of thiocarbonyl (C=S) groups is 1. The number of aryl methyl sites for hydroxylation is 1. The number of benzene rings is 2. The molecule has 0 unspecified atom stereocenters. The molecule has 2 aromatic carbocycles. The maximum atomic E-state index is 6.35. The van der Waals surface area contributed by atoms with Crippen LogP contribution >= 0.6 is 24.0 Å². The van der Waals surface area contributed by atoms with Gasteiger partial charge in [-0.1, -0.05) is 48.2 Å². The van der Waals surface area contributed by atoms with Gasteiger partial charge in [-0.05, 0) is 73.2 Å². The Morgan fingerprint density at radius 2 is 1.81 bits per heavy atom. The SMILES string of the molecule is Cc1cccc(N2C(=S)N[C@@H](c3ccccn3)[C@H]2c2ccc(Sc3ccccc3)o2)c1. The number of furan rings is 1. The van der Waals surface area contributed by atoms with Gasteiger partial charge in [0.1, 0.15) is 11.8 Å². The van der Waals surface area contributed by atoms with Crippen molar-refractivity contribution in [2.24, 2.45) is 0 Å². The Bertz CT molecular complexity index is 1190. The third kappa shape index (κ3) is 4.09. The second-order valence-corrected chi connectivity index (χ2v) is 8.87. The molecule has 4 nitrogen and oxygen atoms in total. The molecule has 1 saturated heterocycles. The summed E-state index contributed by atoms with van der Waals surface area (Å²) in [5.41, 5.74) is 3.15. The molecule has 0 amide bonds. The van der Waals surface area contributed by atoms with Gasteiger partial charge in [0.05, 0.1) is 11.7 Å². The summed E-state index contributed by atoms with van der Waals surface area (Å²) in [6.45, 7) is 2.09. The summed E-state index contributed by atoms with van der Waals surface area (Å²) in [6, 6.07) is 28.3. The Morgan fingerprint density at radius 3 is 2.58 bits per heavy atom. The molecule has 2 aromatic heterocycles. The maximum absolute atomic E-state index is 6.35. The summed E-state index contributed by atoms with van der Waals surface area (Å²) in [4.78, 5) is 7.87. The molecule has 2 atom stereocenters. The van der Waals surface area contributed by atoms with E-state index in [0.717, 1.165) is 27.1 Å². The molecule has 5 rings (SSSR count). The van der Waals surface area contributed by atoms with Gasteiger partial charge in [-0.3, -0.25) is 4.98 Å². The first kappa shape index (κ1) is 19.8. The summed E-state index contributed by atoms with van der Waals surface area (Å²) in [5, 5.41) is 4.99. The Morgan fingerprint density at radius 1 is 0.968 bits per heavy atom. The average Bonchev–Trinajstić information content (AvgIpc) is 3.39. The minimum Gasteiger partial charge on any atom is -0.452 e. The highest BCUT2D eigenvalue weighted by Crippen LogP contribution is 2.43. The number of pyridine rings is 1. The molecule has 1 N–H and O–H groups in total. The first-order valence-corrected chi connectivity index (χ1v) is 11.3. The van der Waals surface area contributed by atoms with E-state index in [1.165, 1.54) is 5.56 Å². The molecular weight excluding hydrogens is 422 g/mol. The van der Waals surface area contributed by atoms with E-state index in [0.29, 0.717) is 5.11 Å².